The lowest BCUT2D eigenvalue weighted by Crippen LogP contribution is -2.49. The monoisotopic (exact) mass is 574 g/mol. The molecule has 2 N–H and O–H groups in total. The van der Waals surface area contributed by atoms with E-state index in [1.807, 2.05) is 44.4 Å². The third-order valence-electron chi connectivity index (χ3n) is 7.36. The summed E-state index contributed by atoms with van der Waals surface area (Å²) in [6.45, 7) is 2.97. The Morgan fingerprint density at radius 1 is 1.02 bits per heavy atom. The van der Waals surface area contributed by atoms with Crippen LogP contribution in [0, 0.1) is 0 Å². The van der Waals surface area contributed by atoms with Crippen molar-refractivity contribution in [3.63, 3.8) is 0 Å². The standard InChI is InChI=1S/C33H36ClN3O4/c1-5-6-10-26-20-23-9-7-8-11-27(23)32(36-26)41-19-18-37(2,3)30(33(39)40-4)28-17-14-24(31(35)38)21-29(28)22-12-15-25(34)16-13-22/h7-9,11-17,20-21,30H,5-6,10,18-19H2,1-4H3,(H-,35,38)/p+1/t30-/m1/s1. The van der Waals surface area contributed by atoms with Crippen molar-refractivity contribution in [3.8, 4) is 17.0 Å². The molecule has 3 aromatic carbocycles. The molecule has 0 radical (unpaired) electrons. The summed E-state index contributed by atoms with van der Waals surface area (Å²) in [7, 11) is 5.30. The van der Waals surface area contributed by atoms with Crippen LogP contribution in [-0.4, -0.2) is 55.7 Å². The summed E-state index contributed by atoms with van der Waals surface area (Å²) < 4.78 is 11.8. The van der Waals surface area contributed by atoms with Crippen molar-refractivity contribution in [1.29, 1.82) is 0 Å². The van der Waals surface area contributed by atoms with E-state index in [-0.39, 0.29) is 4.48 Å². The molecule has 0 saturated heterocycles. The van der Waals surface area contributed by atoms with Gasteiger partial charge in [0.1, 0.15) is 13.2 Å². The fraction of sp³-hybridized carbons (Fsp3) is 0.303. The molecule has 0 bridgehead atoms. The summed E-state index contributed by atoms with van der Waals surface area (Å²) in [4.78, 5) is 30.2. The Bertz CT molecular complexity index is 1540. The van der Waals surface area contributed by atoms with E-state index in [0.717, 1.165) is 41.3 Å². The fourth-order valence-electron chi connectivity index (χ4n) is 5.05. The molecule has 0 aliphatic rings. The second-order valence-electron chi connectivity index (χ2n) is 10.7. The number of methoxy groups -OCH3 is 1. The number of halogens is 1. The van der Waals surface area contributed by atoms with Crippen LogP contribution >= 0.6 is 11.6 Å². The van der Waals surface area contributed by atoms with E-state index in [0.29, 0.717) is 40.7 Å². The molecule has 8 heteroatoms. The second kappa shape index (κ2) is 13.1. The van der Waals surface area contributed by atoms with Gasteiger partial charge in [-0.2, -0.15) is 0 Å². The number of nitrogens with two attached hydrogens (primary N) is 1. The van der Waals surface area contributed by atoms with Gasteiger partial charge in [-0.15, -0.1) is 0 Å². The van der Waals surface area contributed by atoms with Crippen LogP contribution in [0.15, 0.2) is 72.8 Å². The van der Waals surface area contributed by atoms with Gasteiger partial charge in [0.15, 0.2) is 0 Å². The molecule has 4 aromatic rings. The van der Waals surface area contributed by atoms with Gasteiger partial charge < -0.3 is 19.7 Å². The Hall–Kier alpha value is -3.94. The van der Waals surface area contributed by atoms with E-state index in [2.05, 4.69) is 19.1 Å². The number of aryl methyl sites for hydroxylation is 1. The van der Waals surface area contributed by atoms with Crippen LogP contribution in [0.4, 0.5) is 0 Å². The first kappa shape index (κ1) is 30.0. The normalized spacial score (nSPS) is 12.2. The van der Waals surface area contributed by atoms with Gasteiger partial charge in [0.2, 0.25) is 17.8 Å². The largest absolute Gasteiger partial charge is 0.471 e. The highest BCUT2D eigenvalue weighted by atomic mass is 35.5. The minimum atomic E-state index is -0.711. The highest BCUT2D eigenvalue weighted by molar-refractivity contribution is 6.30. The minimum Gasteiger partial charge on any atom is -0.471 e. The zero-order valence-electron chi connectivity index (χ0n) is 24.0. The molecule has 1 amide bonds. The molecule has 1 aromatic heterocycles. The van der Waals surface area contributed by atoms with Crippen LogP contribution in [-0.2, 0) is 16.0 Å². The van der Waals surface area contributed by atoms with Crippen LogP contribution in [0.1, 0.15) is 47.4 Å². The number of nitrogens with zero attached hydrogens (tertiary/aromatic N) is 2. The maximum atomic E-state index is 13.4. The summed E-state index contributed by atoms with van der Waals surface area (Å²) in [6, 6.07) is 21.9. The fourth-order valence-corrected chi connectivity index (χ4v) is 5.18. The summed E-state index contributed by atoms with van der Waals surface area (Å²) in [6.07, 6.45) is 3.03. The van der Waals surface area contributed by atoms with Gasteiger partial charge >= 0.3 is 5.97 Å². The number of amides is 1. The van der Waals surface area contributed by atoms with Crippen molar-refractivity contribution in [3.05, 3.63) is 94.6 Å². The maximum Gasteiger partial charge on any atom is 0.369 e. The summed E-state index contributed by atoms with van der Waals surface area (Å²) in [5, 5.41) is 2.63. The molecular weight excluding hydrogens is 538 g/mol. The smallest absolute Gasteiger partial charge is 0.369 e. The lowest BCUT2D eigenvalue weighted by Gasteiger charge is -2.37. The average Bonchev–Trinajstić information content (AvgIpc) is 2.96. The average molecular weight is 575 g/mol. The van der Waals surface area contributed by atoms with Gasteiger partial charge in [-0.1, -0.05) is 61.3 Å². The number of unbranched alkanes of at least 4 members (excludes halogenated alkanes) is 1. The quantitative estimate of drug-likeness (QED) is 0.157. The van der Waals surface area contributed by atoms with E-state index in [1.165, 1.54) is 7.11 Å². The molecule has 7 nitrogen and oxygen atoms in total. The number of likely N-dealkylation sites (N-methyl/N-ethyl adjacent to an activating group) is 1. The number of ether oxygens (including phenoxy) is 2. The summed E-state index contributed by atoms with van der Waals surface area (Å²) in [5.74, 6) is -0.358. The first-order chi connectivity index (χ1) is 19.6. The number of rotatable bonds is 12. The molecule has 0 fully saturated rings. The van der Waals surface area contributed by atoms with Crippen molar-refractivity contribution in [1.82, 2.24) is 4.98 Å². The number of primary amides is 1. The topological polar surface area (TPSA) is 91.5 Å². The zero-order chi connectivity index (χ0) is 29.6. The third kappa shape index (κ3) is 7.04. The summed E-state index contributed by atoms with van der Waals surface area (Å²) in [5.41, 5.74) is 9.17. The van der Waals surface area contributed by atoms with Gasteiger partial charge in [0.25, 0.3) is 0 Å². The Morgan fingerprint density at radius 3 is 2.44 bits per heavy atom. The number of carbonyl (C=O) groups is 2. The zero-order valence-corrected chi connectivity index (χ0v) is 24.8. The number of esters is 1. The Balaban J connectivity index is 1.67. The molecule has 4 rings (SSSR count). The number of benzene rings is 3. The molecule has 0 saturated carbocycles. The molecule has 1 heterocycles. The van der Waals surface area contributed by atoms with Crippen LogP contribution in [0.2, 0.25) is 5.02 Å². The lowest BCUT2D eigenvalue weighted by atomic mass is 9.91. The van der Waals surface area contributed by atoms with Crippen molar-refractivity contribution < 1.29 is 23.5 Å². The summed E-state index contributed by atoms with van der Waals surface area (Å²) >= 11 is 6.14. The number of hydrogen-bond acceptors (Lipinski definition) is 5. The van der Waals surface area contributed by atoms with Gasteiger partial charge in [-0.3, -0.25) is 4.79 Å². The minimum absolute atomic E-state index is 0.233. The highest BCUT2D eigenvalue weighted by Crippen LogP contribution is 2.36. The number of fused-ring (bicyclic) bond motifs is 1. The first-order valence-corrected chi connectivity index (χ1v) is 14.1. The third-order valence-corrected chi connectivity index (χ3v) is 7.61. The number of quaternary nitrogens is 1. The molecule has 0 aliphatic carbocycles. The predicted octanol–water partition coefficient (Wildman–Crippen LogP) is 6.37. The molecule has 1 atom stereocenters. The SMILES string of the molecule is CCCCc1cc2ccccc2c(OCC[N+](C)(C)[C@@H](C(=O)OC)c2ccc(C(N)=O)cc2-c2ccc(Cl)cc2)n1. The van der Waals surface area contributed by atoms with E-state index in [4.69, 9.17) is 31.8 Å². The van der Waals surface area contributed by atoms with E-state index >= 15 is 0 Å². The van der Waals surface area contributed by atoms with Gasteiger partial charge in [0.05, 0.1) is 21.2 Å². The van der Waals surface area contributed by atoms with Crippen LogP contribution < -0.4 is 10.5 Å². The van der Waals surface area contributed by atoms with Crippen LogP contribution in [0.25, 0.3) is 21.9 Å². The number of carbonyl (C=O) groups excluding carboxylic acids is 2. The molecule has 41 heavy (non-hydrogen) atoms. The van der Waals surface area contributed by atoms with Crippen molar-refractivity contribution in [2.75, 3.05) is 34.4 Å². The molecule has 214 valence electrons. The van der Waals surface area contributed by atoms with E-state index < -0.39 is 17.9 Å². The molecule has 0 unspecified atom stereocenters. The number of hydrogen-bond donors (Lipinski definition) is 1. The van der Waals surface area contributed by atoms with Crippen LogP contribution in [0.3, 0.4) is 0 Å². The Labute approximate surface area is 246 Å². The Kier molecular flexibility index (Phi) is 9.63. The van der Waals surface area contributed by atoms with Gasteiger partial charge in [0, 0.05) is 27.2 Å². The van der Waals surface area contributed by atoms with E-state index in [1.54, 1.807) is 30.3 Å². The highest BCUT2D eigenvalue weighted by Gasteiger charge is 2.39. The second-order valence-corrected chi connectivity index (χ2v) is 11.1. The Morgan fingerprint density at radius 2 is 1.76 bits per heavy atom. The number of pyridine rings is 1. The van der Waals surface area contributed by atoms with Gasteiger partial charge in [-0.05, 0) is 65.8 Å². The van der Waals surface area contributed by atoms with Crippen molar-refractivity contribution in [2.24, 2.45) is 5.73 Å². The molecule has 0 aliphatic heterocycles. The predicted molar refractivity (Wildman–Crippen MR) is 163 cm³/mol. The van der Waals surface area contributed by atoms with Crippen molar-refractivity contribution >= 4 is 34.2 Å². The molecular formula is C33H37ClN3O4+. The van der Waals surface area contributed by atoms with Crippen molar-refractivity contribution in [2.45, 2.75) is 32.2 Å². The van der Waals surface area contributed by atoms with Gasteiger partial charge in [-0.25, -0.2) is 9.78 Å². The molecule has 0 spiro atoms. The first-order valence-electron chi connectivity index (χ1n) is 13.8. The lowest BCUT2D eigenvalue weighted by molar-refractivity contribution is -0.912. The number of aromatic nitrogens is 1. The maximum absolute atomic E-state index is 13.4. The van der Waals surface area contributed by atoms with E-state index in [9.17, 15) is 9.59 Å². The van der Waals surface area contributed by atoms with Crippen LogP contribution in [0.5, 0.6) is 5.88 Å².